The molecule has 2 N–H and O–H groups in total. The molecule has 1 radical (unpaired) electrons. The smallest absolute Gasteiger partial charge is 0.0545 e. The number of hydrogen-bond donors (Lipinski definition) is 2. The number of hydrogen-bond acceptors (Lipinski definition) is 0. The third-order valence-electron chi connectivity index (χ3n) is 5.28. The molecule has 0 aliphatic carbocycles. The highest BCUT2D eigenvalue weighted by molar-refractivity contribution is 6.13. The molecule has 6 aromatic rings. The number of aromatic nitrogens is 2. The van der Waals surface area contributed by atoms with Gasteiger partial charge in [-0.15, -0.1) is 0 Å². The van der Waals surface area contributed by atoms with Gasteiger partial charge < -0.3 is 9.97 Å². The molecule has 0 spiro atoms. The second-order valence-electron chi connectivity index (χ2n) is 6.74. The topological polar surface area (TPSA) is 31.6 Å². The Labute approximate surface area is 150 Å². The zero-order valence-corrected chi connectivity index (χ0v) is 14.0. The number of nitrogens with one attached hydrogen (secondary N) is 2. The summed E-state index contributed by atoms with van der Waals surface area (Å²) in [6.07, 6.45) is 0. The average molecular weight is 331 g/mol. The van der Waals surface area contributed by atoms with Crippen molar-refractivity contribution >= 4 is 43.6 Å². The lowest BCUT2D eigenvalue weighted by atomic mass is 10.0. The second-order valence-corrected chi connectivity index (χ2v) is 6.74. The van der Waals surface area contributed by atoms with Crippen LogP contribution < -0.4 is 0 Å². The van der Waals surface area contributed by atoms with Crippen LogP contribution in [0.5, 0.6) is 0 Å². The quantitative estimate of drug-likeness (QED) is 0.348. The summed E-state index contributed by atoms with van der Waals surface area (Å²) in [7, 11) is 0. The summed E-state index contributed by atoms with van der Waals surface area (Å²) in [5.74, 6) is 0. The maximum atomic E-state index is 3.55. The van der Waals surface area contributed by atoms with E-state index in [1.54, 1.807) is 0 Å². The van der Waals surface area contributed by atoms with Crippen molar-refractivity contribution in [2.45, 2.75) is 0 Å². The van der Waals surface area contributed by atoms with E-state index >= 15 is 0 Å². The number of benzene rings is 4. The van der Waals surface area contributed by atoms with Crippen LogP contribution in [0.1, 0.15) is 0 Å². The van der Waals surface area contributed by atoms with Crippen LogP contribution in [0.3, 0.4) is 0 Å². The predicted molar refractivity (Wildman–Crippen MR) is 109 cm³/mol. The van der Waals surface area contributed by atoms with Gasteiger partial charge in [-0.1, -0.05) is 66.7 Å². The summed E-state index contributed by atoms with van der Waals surface area (Å²) in [5, 5.41) is 5.00. The molecule has 0 unspecified atom stereocenters. The van der Waals surface area contributed by atoms with Crippen molar-refractivity contribution < 1.29 is 0 Å². The molecular weight excluding hydrogens is 316 g/mol. The van der Waals surface area contributed by atoms with Crippen LogP contribution >= 0.6 is 0 Å². The lowest BCUT2D eigenvalue weighted by Crippen LogP contribution is -1.81. The number of aromatic amines is 2. The van der Waals surface area contributed by atoms with Gasteiger partial charge in [0, 0.05) is 44.2 Å². The van der Waals surface area contributed by atoms with Crippen LogP contribution in [0, 0.1) is 6.07 Å². The largest absolute Gasteiger partial charge is 0.354 e. The number of fused-ring (bicyclic) bond motifs is 6. The Hall–Kier alpha value is -3.52. The normalized spacial score (nSPS) is 11.8. The summed E-state index contributed by atoms with van der Waals surface area (Å²) >= 11 is 0. The number of H-pyrrole nitrogens is 2. The lowest BCUT2D eigenvalue weighted by molar-refractivity contribution is 1.52. The fourth-order valence-electron chi connectivity index (χ4n) is 4.06. The minimum atomic E-state index is 1.06. The minimum Gasteiger partial charge on any atom is -0.354 e. The molecule has 4 aromatic carbocycles. The molecule has 0 saturated carbocycles. The Balaban J connectivity index is 1.66. The maximum absolute atomic E-state index is 3.55. The summed E-state index contributed by atoms with van der Waals surface area (Å²) < 4.78 is 0. The van der Waals surface area contributed by atoms with Crippen LogP contribution in [-0.4, -0.2) is 9.97 Å². The van der Waals surface area contributed by atoms with Crippen molar-refractivity contribution in [1.29, 1.82) is 0 Å². The van der Waals surface area contributed by atoms with E-state index in [1.165, 1.54) is 49.2 Å². The molecule has 2 heterocycles. The molecule has 0 atom stereocenters. The van der Waals surface area contributed by atoms with Gasteiger partial charge in [0.1, 0.15) is 0 Å². The monoisotopic (exact) mass is 331 g/mol. The van der Waals surface area contributed by atoms with Gasteiger partial charge in [0.25, 0.3) is 0 Å². The fourth-order valence-corrected chi connectivity index (χ4v) is 4.06. The van der Waals surface area contributed by atoms with E-state index in [1.807, 2.05) is 12.1 Å². The Morgan fingerprint density at radius 1 is 0.615 bits per heavy atom. The highest BCUT2D eigenvalue weighted by Gasteiger charge is 2.11. The van der Waals surface area contributed by atoms with E-state index in [2.05, 4.69) is 82.8 Å². The molecule has 0 aliphatic heterocycles. The fraction of sp³-hybridized carbons (Fsp3) is 0. The van der Waals surface area contributed by atoms with E-state index in [4.69, 9.17) is 0 Å². The number of rotatable bonds is 1. The molecule has 0 amide bonds. The predicted octanol–water partition coefficient (Wildman–Crippen LogP) is 6.42. The molecule has 26 heavy (non-hydrogen) atoms. The first-order chi connectivity index (χ1) is 12.9. The Morgan fingerprint density at radius 2 is 1.46 bits per heavy atom. The first-order valence-corrected chi connectivity index (χ1v) is 8.80. The Kier molecular flexibility index (Phi) is 2.64. The van der Waals surface area contributed by atoms with Crippen molar-refractivity contribution in [1.82, 2.24) is 9.97 Å². The maximum Gasteiger partial charge on any atom is 0.0545 e. The van der Waals surface area contributed by atoms with Crippen molar-refractivity contribution in [3.05, 3.63) is 84.9 Å². The molecule has 2 aromatic heterocycles. The SMILES string of the molecule is [c]1cccc2c1[nH]c1c(-c3ccc4c(c3)[nH]c3ccccc34)cccc12. The van der Waals surface area contributed by atoms with Crippen molar-refractivity contribution in [3.8, 4) is 11.1 Å². The standard InChI is InChI=1S/C24H15N2/c1-3-10-21-17(6-1)19-13-12-15(14-23(19)25-21)16-8-5-9-20-18-7-2-4-11-22(18)26-24(16)20/h1-10,12-14,25-26H. The van der Waals surface area contributed by atoms with Crippen molar-refractivity contribution in [2.75, 3.05) is 0 Å². The van der Waals surface area contributed by atoms with Crippen LogP contribution in [-0.2, 0) is 0 Å². The van der Waals surface area contributed by atoms with Gasteiger partial charge in [0.2, 0.25) is 0 Å². The highest BCUT2D eigenvalue weighted by Crippen LogP contribution is 2.35. The average Bonchev–Trinajstić information content (AvgIpc) is 3.25. The minimum absolute atomic E-state index is 1.06. The molecule has 6 rings (SSSR count). The van der Waals surface area contributed by atoms with Crippen LogP contribution in [0.15, 0.2) is 78.9 Å². The summed E-state index contributed by atoms with van der Waals surface area (Å²) in [6.45, 7) is 0. The molecule has 2 heteroatoms. The van der Waals surface area contributed by atoms with Gasteiger partial charge in [0.15, 0.2) is 0 Å². The van der Waals surface area contributed by atoms with Gasteiger partial charge in [0.05, 0.1) is 11.0 Å². The molecule has 0 saturated heterocycles. The highest BCUT2D eigenvalue weighted by atomic mass is 14.7. The first-order valence-electron chi connectivity index (χ1n) is 8.80. The summed E-state index contributed by atoms with van der Waals surface area (Å²) in [5.41, 5.74) is 7.00. The summed E-state index contributed by atoms with van der Waals surface area (Å²) in [6, 6.07) is 31.1. The van der Waals surface area contributed by atoms with E-state index in [0.717, 1.165) is 5.52 Å². The second kappa shape index (κ2) is 4.99. The van der Waals surface area contributed by atoms with Crippen molar-refractivity contribution in [2.24, 2.45) is 0 Å². The third kappa shape index (κ3) is 1.81. The Morgan fingerprint density at radius 3 is 2.46 bits per heavy atom. The van der Waals surface area contributed by atoms with Gasteiger partial charge in [-0.3, -0.25) is 0 Å². The Bertz CT molecular complexity index is 1430. The summed E-state index contributed by atoms with van der Waals surface area (Å²) in [4.78, 5) is 7.10. The molecule has 0 fully saturated rings. The molecule has 121 valence electrons. The zero-order valence-electron chi connectivity index (χ0n) is 14.0. The van der Waals surface area contributed by atoms with Crippen LogP contribution in [0.2, 0.25) is 0 Å². The first kappa shape index (κ1) is 13.7. The van der Waals surface area contributed by atoms with E-state index in [-0.39, 0.29) is 0 Å². The third-order valence-corrected chi connectivity index (χ3v) is 5.28. The molecule has 0 aliphatic rings. The van der Waals surface area contributed by atoms with E-state index in [0.29, 0.717) is 0 Å². The zero-order chi connectivity index (χ0) is 17.1. The van der Waals surface area contributed by atoms with Gasteiger partial charge >= 0.3 is 0 Å². The molecule has 0 bridgehead atoms. The lowest BCUT2D eigenvalue weighted by Gasteiger charge is -2.04. The molecule has 2 nitrogen and oxygen atoms in total. The van der Waals surface area contributed by atoms with Crippen LogP contribution in [0.25, 0.3) is 54.7 Å². The van der Waals surface area contributed by atoms with Gasteiger partial charge in [-0.05, 0) is 17.7 Å². The van der Waals surface area contributed by atoms with E-state index < -0.39 is 0 Å². The van der Waals surface area contributed by atoms with Gasteiger partial charge in [-0.2, -0.15) is 0 Å². The van der Waals surface area contributed by atoms with Crippen LogP contribution in [0.4, 0.5) is 0 Å². The van der Waals surface area contributed by atoms with Gasteiger partial charge in [-0.25, -0.2) is 0 Å². The van der Waals surface area contributed by atoms with Crippen molar-refractivity contribution in [3.63, 3.8) is 0 Å². The molecular formula is C24H15N2. The van der Waals surface area contributed by atoms with E-state index in [9.17, 15) is 0 Å². The number of para-hydroxylation sites is 3.